The third-order valence-electron chi connectivity index (χ3n) is 3.40. The van der Waals surface area contributed by atoms with Crippen molar-refractivity contribution in [3.63, 3.8) is 0 Å². The maximum absolute atomic E-state index is 12.4. The van der Waals surface area contributed by atoms with Crippen molar-refractivity contribution in [2.75, 3.05) is 0 Å². The molecule has 0 saturated heterocycles. The fourth-order valence-corrected chi connectivity index (χ4v) is 2.27. The van der Waals surface area contributed by atoms with Crippen molar-refractivity contribution in [1.29, 1.82) is 0 Å². The minimum Gasteiger partial charge on any atom is -0.507 e. The van der Waals surface area contributed by atoms with E-state index >= 15 is 0 Å². The van der Waals surface area contributed by atoms with Gasteiger partial charge in [0.2, 0.25) is 0 Å². The maximum atomic E-state index is 12.4. The first-order valence-electron chi connectivity index (χ1n) is 6.74. The summed E-state index contributed by atoms with van der Waals surface area (Å²) in [6, 6.07) is 24.0. The summed E-state index contributed by atoms with van der Waals surface area (Å²) in [6.07, 6.45) is 0. The number of ketones is 1. The van der Waals surface area contributed by atoms with Crippen LogP contribution in [-0.4, -0.2) is 10.9 Å². The Balaban J connectivity index is 1.91. The van der Waals surface area contributed by atoms with Crippen LogP contribution in [0.15, 0.2) is 78.9 Å². The molecular formula is C19H14O2. The van der Waals surface area contributed by atoms with Crippen molar-refractivity contribution in [3.05, 3.63) is 90.0 Å². The zero-order valence-corrected chi connectivity index (χ0v) is 11.4. The molecule has 0 amide bonds. The molecule has 0 aromatic heterocycles. The van der Waals surface area contributed by atoms with E-state index in [9.17, 15) is 9.90 Å². The molecule has 2 heteroatoms. The zero-order chi connectivity index (χ0) is 14.7. The van der Waals surface area contributed by atoms with Gasteiger partial charge in [0, 0.05) is 5.56 Å². The predicted octanol–water partition coefficient (Wildman–Crippen LogP) is 4.29. The smallest absolute Gasteiger partial charge is 0.196 e. The molecule has 0 aliphatic carbocycles. The number of rotatable bonds is 3. The summed E-state index contributed by atoms with van der Waals surface area (Å²) < 4.78 is 0. The van der Waals surface area contributed by atoms with Crippen molar-refractivity contribution < 1.29 is 9.90 Å². The first kappa shape index (κ1) is 13.1. The molecule has 0 radical (unpaired) electrons. The fourth-order valence-electron chi connectivity index (χ4n) is 2.27. The van der Waals surface area contributed by atoms with Crippen LogP contribution >= 0.6 is 0 Å². The second kappa shape index (κ2) is 5.63. The Labute approximate surface area is 123 Å². The molecule has 0 bridgehead atoms. The van der Waals surface area contributed by atoms with Gasteiger partial charge in [0.25, 0.3) is 0 Å². The molecule has 0 atom stereocenters. The van der Waals surface area contributed by atoms with E-state index in [0.717, 1.165) is 11.1 Å². The fraction of sp³-hybridized carbons (Fsp3) is 0. The van der Waals surface area contributed by atoms with E-state index in [1.165, 1.54) is 6.07 Å². The molecule has 2 nitrogen and oxygen atoms in total. The quantitative estimate of drug-likeness (QED) is 0.723. The lowest BCUT2D eigenvalue weighted by atomic mass is 9.99. The van der Waals surface area contributed by atoms with Crippen LogP contribution in [-0.2, 0) is 0 Å². The van der Waals surface area contributed by atoms with Crippen LogP contribution in [0.2, 0.25) is 0 Å². The average molecular weight is 274 g/mol. The number of para-hydroxylation sites is 1. The third kappa shape index (κ3) is 2.70. The third-order valence-corrected chi connectivity index (χ3v) is 3.40. The van der Waals surface area contributed by atoms with E-state index in [-0.39, 0.29) is 11.5 Å². The van der Waals surface area contributed by atoms with E-state index in [1.54, 1.807) is 30.3 Å². The molecule has 3 aromatic carbocycles. The molecule has 102 valence electrons. The van der Waals surface area contributed by atoms with E-state index in [4.69, 9.17) is 0 Å². The topological polar surface area (TPSA) is 37.3 Å². The van der Waals surface area contributed by atoms with Gasteiger partial charge in [-0.15, -0.1) is 0 Å². The summed E-state index contributed by atoms with van der Waals surface area (Å²) >= 11 is 0. The van der Waals surface area contributed by atoms with Gasteiger partial charge in [-0.25, -0.2) is 0 Å². The summed E-state index contributed by atoms with van der Waals surface area (Å²) in [7, 11) is 0. The molecule has 0 spiro atoms. The number of phenols is 1. The highest BCUT2D eigenvalue weighted by atomic mass is 16.3. The molecule has 0 fully saturated rings. The Morgan fingerprint density at radius 2 is 1.24 bits per heavy atom. The van der Waals surface area contributed by atoms with E-state index in [0.29, 0.717) is 11.1 Å². The monoisotopic (exact) mass is 274 g/mol. The largest absolute Gasteiger partial charge is 0.507 e. The lowest BCUT2D eigenvalue weighted by molar-refractivity contribution is 0.103. The minimum absolute atomic E-state index is 0.00892. The molecule has 0 heterocycles. The second-order valence-electron chi connectivity index (χ2n) is 4.79. The highest BCUT2D eigenvalue weighted by Crippen LogP contribution is 2.23. The van der Waals surface area contributed by atoms with Crippen molar-refractivity contribution in [1.82, 2.24) is 0 Å². The molecule has 0 aliphatic rings. The number of carbonyl (C=O) groups is 1. The van der Waals surface area contributed by atoms with Gasteiger partial charge in [0.1, 0.15) is 5.75 Å². The zero-order valence-electron chi connectivity index (χ0n) is 11.4. The van der Waals surface area contributed by atoms with Gasteiger partial charge in [-0.3, -0.25) is 4.79 Å². The normalized spacial score (nSPS) is 10.3. The molecule has 3 rings (SSSR count). The van der Waals surface area contributed by atoms with Gasteiger partial charge in [0.05, 0.1) is 5.56 Å². The number of hydrogen-bond acceptors (Lipinski definition) is 2. The molecular weight excluding hydrogens is 260 g/mol. The van der Waals surface area contributed by atoms with E-state index in [2.05, 4.69) is 0 Å². The van der Waals surface area contributed by atoms with Crippen LogP contribution in [0.5, 0.6) is 5.75 Å². The SMILES string of the molecule is O=C(c1ccc(-c2ccccc2)cc1)c1ccccc1O. The van der Waals surface area contributed by atoms with Gasteiger partial charge >= 0.3 is 0 Å². The maximum Gasteiger partial charge on any atom is 0.196 e. The number of phenolic OH excluding ortho intramolecular Hbond substituents is 1. The summed E-state index contributed by atoms with van der Waals surface area (Å²) in [5, 5.41) is 9.75. The second-order valence-corrected chi connectivity index (χ2v) is 4.79. The molecule has 0 unspecified atom stereocenters. The van der Waals surface area contributed by atoms with Crippen LogP contribution in [0.1, 0.15) is 15.9 Å². The lowest BCUT2D eigenvalue weighted by Crippen LogP contribution is -2.01. The summed E-state index contributed by atoms with van der Waals surface area (Å²) in [4.78, 5) is 12.4. The van der Waals surface area contributed by atoms with Crippen LogP contribution in [0, 0.1) is 0 Å². The van der Waals surface area contributed by atoms with Crippen LogP contribution < -0.4 is 0 Å². The van der Waals surface area contributed by atoms with Gasteiger partial charge in [-0.2, -0.15) is 0 Å². The lowest BCUT2D eigenvalue weighted by Gasteiger charge is -2.05. The minimum atomic E-state index is -0.173. The van der Waals surface area contributed by atoms with Crippen molar-refractivity contribution in [2.24, 2.45) is 0 Å². The Morgan fingerprint density at radius 3 is 1.90 bits per heavy atom. The molecule has 0 aliphatic heterocycles. The van der Waals surface area contributed by atoms with E-state index in [1.807, 2.05) is 42.5 Å². The van der Waals surface area contributed by atoms with Crippen molar-refractivity contribution >= 4 is 5.78 Å². The number of carbonyl (C=O) groups excluding carboxylic acids is 1. The Kier molecular flexibility index (Phi) is 3.52. The summed E-state index contributed by atoms with van der Waals surface area (Å²) in [5.41, 5.74) is 3.06. The van der Waals surface area contributed by atoms with Crippen molar-refractivity contribution in [3.8, 4) is 16.9 Å². The van der Waals surface area contributed by atoms with E-state index < -0.39 is 0 Å². The van der Waals surface area contributed by atoms with Crippen LogP contribution in [0.3, 0.4) is 0 Å². The van der Waals surface area contributed by atoms with Gasteiger partial charge in [-0.05, 0) is 23.3 Å². The summed E-state index contributed by atoms with van der Waals surface area (Å²) in [5.74, 6) is -0.164. The van der Waals surface area contributed by atoms with Crippen molar-refractivity contribution in [2.45, 2.75) is 0 Å². The molecule has 21 heavy (non-hydrogen) atoms. The van der Waals surface area contributed by atoms with Crippen LogP contribution in [0.4, 0.5) is 0 Å². The average Bonchev–Trinajstić information content (AvgIpc) is 2.56. The Hall–Kier alpha value is -2.87. The van der Waals surface area contributed by atoms with Gasteiger partial charge in [-0.1, -0.05) is 66.7 Å². The van der Waals surface area contributed by atoms with Gasteiger partial charge in [0.15, 0.2) is 5.78 Å². The number of benzene rings is 3. The Bertz CT molecular complexity index is 759. The van der Waals surface area contributed by atoms with Gasteiger partial charge < -0.3 is 5.11 Å². The first-order chi connectivity index (χ1) is 10.3. The Morgan fingerprint density at radius 1 is 0.667 bits per heavy atom. The number of hydrogen-bond donors (Lipinski definition) is 1. The van der Waals surface area contributed by atoms with Crippen LogP contribution in [0.25, 0.3) is 11.1 Å². The first-order valence-corrected chi connectivity index (χ1v) is 6.74. The highest BCUT2D eigenvalue weighted by molar-refractivity contribution is 6.10. The summed E-state index contributed by atoms with van der Waals surface area (Å²) in [6.45, 7) is 0. The molecule has 3 aromatic rings. The predicted molar refractivity (Wildman–Crippen MR) is 83.4 cm³/mol. The highest BCUT2D eigenvalue weighted by Gasteiger charge is 2.12. The molecule has 1 N–H and O–H groups in total. The number of aromatic hydroxyl groups is 1. The molecule has 0 saturated carbocycles. The standard InChI is InChI=1S/C19H14O2/c20-18-9-5-4-8-17(18)19(21)16-12-10-15(11-13-16)14-6-2-1-3-7-14/h1-13,20H.